The Morgan fingerprint density at radius 2 is 2.00 bits per heavy atom. The first kappa shape index (κ1) is 16.8. The molecule has 3 heterocycles. The molecule has 140 valence electrons. The molecule has 1 fully saturated rings. The molecular weight excluding hydrogens is 487 g/mol. The molecule has 1 spiro atoms. The number of carbonyl (C=O) groups is 1. The van der Waals surface area contributed by atoms with Gasteiger partial charge in [0.05, 0.1) is 11.6 Å². The molecule has 0 saturated heterocycles. The Hall–Kier alpha value is -2.07. The third kappa shape index (κ3) is 2.24. The molecule has 0 radical (unpaired) electrons. The second kappa shape index (κ2) is 5.73. The zero-order valence-electron chi connectivity index (χ0n) is 14.7. The Labute approximate surface area is 178 Å². The van der Waals surface area contributed by atoms with Crippen LogP contribution in [0.25, 0.3) is 5.00 Å². The van der Waals surface area contributed by atoms with Crippen LogP contribution < -0.4 is 0 Å². The van der Waals surface area contributed by atoms with Crippen molar-refractivity contribution in [3.63, 3.8) is 0 Å². The maximum Gasteiger partial charge on any atom is 0.307 e. The Balaban J connectivity index is 1.66. The Morgan fingerprint density at radius 3 is 2.71 bits per heavy atom. The number of aliphatic carboxylic acids is 1. The van der Waals surface area contributed by atoms with Crippen molar-refractivity contribution in [1.29, 1.82) is 0 Å². The summed E-state index contributed by atoms with van der Waals surface area (Å²) in [5.41, 5.74) is 3.96. The van der Waals surface area contributed by atoms with Gasteiger partial charge >= 0.3 is 5.97 Å². The van der Waals surface area contributed by atoms with Gasteiger partial charge in [0.25, 0.3) is 0 Å². The summed E-state index contributed by atoms with van der Waals surface area (Å²) in [4.78, 5) is 18.0. The van der Waals surface area contributed by atoms with Gasteiger partial charge in [0, 0.05) is 38.6 Å². The highest BCUT2D eigenvalue weighted by molar-refractivity contribution is 14.1. The molecule has 1 atom stereocenters. The molecule has 0 amide bonds. The smallest absolute Gasteiger partial charge is 0.307 e. The highest BCUT2D eigenvalue weighted by Crippen LogP contribution is 2.54. The van der Waals surface area contributed by atoms with E-state index in [1.54, 1.807) is 11.3 Å². The molecule has 1 aliphatic heterocycles. The van der Waals surface area contributed by atoms with Crippen molar-refractivity contribution < 1.29 is 9.90 Å². The van der Waals surface area contributed by atoms with Gasteiger partial charge in [-0.1, -0.05) is 30.3 Å². The number of carboxylic acids is 1. The number of aromatic nitrogens is 3. The van der Waals surface area contributed by atoms with Crippen molar-refractivity contribution in [2.45, 2.75) is 31.2 Å². The van der Waals surface area contributed by atoms with Crippen LogP contribution in [0.3, 0.4) is 0 Å². The molecule has 0 bridgehead atoms. The van der Waals surface area contributed by atoms with E-state index in [1.165, 1.54) is 0 Å². The van der Waals surface area contributed by atoms with E-state index in [0.717, 1.165) is 54.8 Å². The van der Waals surface area contributed by atoms with E-state index in [1.807, 2.05) is 18.2 Å². The number of halogens is 1. The minimum atomic E-state index is -0.720. The van der Waals surface area contributed by atoms with Gasteiger partial charge in [-0.2, -0.15) is 0 Å². The number of thiophene rings is 1. The topological polar surface area (TPSA) is 80.4 Å². The van der Waals surface area contributed by atoms with E-state index < -0.39 is 5.97 Å². The van der Waals surface area contributed by atoms with Crippen LogP contribution in [-0.2, 0) is 23.2 Å². The summed E-state index contributed by atoms with van der Waals surface area (Å²) in [5.74, 6) is -0.151. The minimum absolute atomic E-state index is 0.308. The van der Waals surface area contributed by atoms with Gasteiger partial charge in [0.2, 0.25) is 0 Å². The second-order valence-corrected chi connectivity index (χ2v) is 9.66. The number of fused-ring (bicyclic) bond motifs is 6. The fourth-order valence-electron chi connectivity index (χ4n) is 4.32. The van der Waals surface area contributed by atoms with Gasteiger partial charge in [-0.3, -0.25) is 14.4 Å². The number of hydrogen-bond donors (Lipinski definition) is 1. The van der Waals surface area contributed by atoms with E-state index in [2.05, 4.69) is 49.5 Å². The fourth-order valence-corrected chi connectivity index (χ4v) is 6.48. The summed E-state index contributed by atoms with van der Waals surface area (Å²) in [7, 11) is 0. The first-order valence-corrected chi connectivity index (χ1v) is 11.1. The summed E-state index contributed by atoms with van der Waals surface area (Å²) in [5, 5.41) is 19.5. The predicted molar refractivity (Wildman–Crippen MR) is 113 cm³/mol. The van der Waals surface area contributed by atoms with E-state index >= 15 is 0 Å². The number of carboxylic acid groups (broad SMARTS) is 1. The van der Waals surface area contributed by atoms with Crippen LogP contribution in [0.4, 0.5) is 0 Å². The van der Waals surface area contributed by atoms with Crippen LogP contribution in [0.15, 0.2) is 35.3 Å². The summed E-state index contributed by atoms with van der Waals surface area (Å²) >= 11 is 3.92. The number of nitrogens with zero attached hydrogens (tertiary/aromatic N) is 4. The zero-order valence-corrected chi connectivity index (χ0v) is 17.7. The third-order valence-electron chi connectivity index (χ3n) is 5.88. The normalized spacial score (nSPS) is 20.9. The Kier molecular flexibility index (Phi) is 3.45. The Morgan fingerprint density at radius 1 is 1.21 bits per heavy atom. The maximum absolute atomic E-state index is 11.6. The van der Waals surface area contributed by atoms with Crippen LogP contribution in [0.5, 0.6) is 0 Å². The second-order valence-electron chi connectivity index (χ2n) is 7.61. The van der Waals surface area contributed by atoms with Crippen molar-refractivity contribution in [2.24, 2.45) is 10.9 Å². The summed E-state index contributed by atoms with van der Waals surface area (Å²) in [6.07, 6.45) is 3.08. The minimum Gasteiger partial charge on any atom is -0.481 e. The van der Waals surface area contributed by atoms with E-state index in [9.17, 15) is 9.90 Å². The van der Waals surface area contributed by atoms with Gasteiger partial charge in [-0.15, -0.1) is 21.5 Å². The van der Waals surface area contributed by atoms with Gasteiger partial charge in [-0.25, -0.2) is 0 Å². The van der Waals surface area contributed by atoms with E-state index in [4.69, 9.17) is 4.99 Å². The van der Waals surface area contributed by atoms with Crippen molar-refractivity contribution in [2.75, 3.05) is 0 Å². The number of hydrogen-bond acceptors (Lipinski definition) is 5. The standard InChI is InChI=1S/C20H15IN4O2S/c21-19-24-23-18-20(6-7-20)22-15(10-4-2-1-3-5-10)14-12-8-11(17(26)27)9-13(12)28-16(14)25(18)19/h1-5,11H,6-9H2,(H,26,27)/t11-/m0/s1. The zero-order chi connectivity index (χ0) is 19.0. The highest BCUT2D eigenvalue weighted by Gasteiger charge is 2.52. The average molecular weight is 502 g/mol. The van der Waals surface area contributed by atoms with Gasteiger partial charge < -0.3 is 5.11 Å². The lowest BCUT2D eigenvalue weighted by Crippen LogP contribution is -2.15. The van der Waals surface area contributed by atoms with Crippen LogP contribution >= 0.6 is 33.9 Å². The number of aliphatic imine (C=N–C) groups is 1. The average Bonchev–Trinajstić information content (AvgIpc) is 3.04. The lowest BCUT2D eigenvalue weighted by molar-refractivity contribution is -0.141. The van der Waals surface area contributed by atoms with Crippen LogP contribution in [0, 0.1) is 9.75 Å². The first-order chi connectivity index (χ1) is 13.6. The van der Waals surface area contributed by atoms with E-state index in [-0.39, 0.29) is 11.5 Å². The SMILES string of the molecule is O=C(O)[C@@H]1Cc2sc3c(c2C1)C(c1ccccc1)=NC1(CC1)c1nnc(I)n1-3. The first-order valence-electron chi connectivity index (χ1n) is 9.22. The molecule has 2 aliphatic carbocycles. The molecule has 1 saturated carbocycles. The van der Waals surface area contributed by atoms with Gasteiger partial charge in [0.1, 0.15) is 10.5 Å². The molecule has 0 unspecified atom stereocenters. The largest absolute Gasteiger partial charge is 0.481 e. The molecule has 1 aromatic carbocycles. The molecule has 28 heavy (non-hydrogen) atoms. The highest BCUT2D eigenvalue weighted by atomic mass is 127. The lowest BCUT2D eigenvalue weighted by Gasteiger charge is -2.11. The monoisotopic (exact) mass is 502 g/mol. The van der Waals surface area contributed by atoms with E-state index in [0.29, 0.717) is 12.8 Å². The molecule has 2 aromatic heterocycles. The van der Waals surface area contributed by atoms with Crippen LogP contribution in [0.1, 0.15) is 40.2 Å². The quantitative estimate of drug-likeness (QED) is 0.544. The number of benzene rings is 1. The summed E-state index contributed by atoms with van der Waals surface area (Å²) in [6, 6.07) is 10.2. The fraction of sp³-hybridized carbons (Fsp3) is 0.300. The van der Waals surface area contributed by atoms with Gasteiger partial charge in [-0.05, 0) is 31.2 Å². The Bertz CT molecular complexity index is 1180. The third-order valence-corrected chi connectivity index (χ3v) is 7.82. The molecule has 3 aromatic rings. The maximum atomic E-state index is 11.6. The number of rotatable bonds is 2. The van der Waals surface area contributed by atoms with Crippen molar-refractivity contribution in [3.8, 4) is 5.00 Å². The van der Waals surface area contributed by atoms with Crippen molar-refractivity contribution in [3.05, 3.63) is 61.6 Å². The van der Waals surface area contributed by atoms with Crippen LogP contribution in [-0.4, -0.2) is 31.6 Å². The molecular formula is C20H15IN4O2S. The summed E-state index contributed by atoms with van der Waals surface area (Å²) < 4.78 is 2.99. The molecule has 8 heteroatoms. The molecule has 6 nitrogen and oxygen atoms in total. The predicted octanol–water partition coefficient (Wildman–Crippen LogP) is 3.57. The van der Waals surface area contributed by atoms with Gasteiger partial charge in [0.15, 0.2) is 9.66 Å². The molecule has 6 rings (SSSR count). The molecule has 1 N–H and O–H groups in total. The lowest BCUT2D eigenvalue weighted by atomic mass is 9.97. The molecule has 3 aliphatic rings. The van der Waals surface area contributed by atoms with Crippen molar-refractivity contribution in [1.82, 2.24) is 14.8 Å². The summed E-state index contributed by atoms with van der Waals surface area (Å²) in [6.45, 7) is 0. The van der Waals surface area contributed by atoms with Crippen LogP contribution in [0.2, 0.25) is 0 Å². The van der Waals surface area contributed by atoms with Crippen molar-refractivity contribution >= 4 is 45.6 Å².